The number of likely N-dealkylation sites (N-methyl/N-ethyl adjacent to an activating group) is 1. The van der Waals surface area contributed by atoms with E-state index >= 15 is 0 Å². The minimum Gasteiger partial charge on any atom is -0.340 e. The standard InChI is InChI=1S/C19H29N3O2/c1-4-5-15(2)19(24)20-17-8-6-16(7-9-17)14-18(23)22-12-10-21(3)11-13-22/h6-9,15H,4-5,10-14H2,1-3H3,(H,20,24). The molecule has 0 radical (unpaired) electrons. The highest BCUT2D eigenvalue weighted by molar-refractivity contribution is 5.92. The van der Waals surface area contributed by atoms with Crippen LogP contribution in [0.3, 0.4) is 0 Å². The lowest BCUT2D eigenvalue weighted by molar-refractivity contribution is -0.132. The molecule has 0 aliphatic carbocycles. The van der Waals surface area contributed by atoms with Gasteiger partial charge in [0.1, 0.15) is 0 Å². The molecule has 0 aromatic heterocycles. The molecule has 2 rings (SSSR count). The molecular formula is C19H29N3O2. The van der Waals surface area contributed by atoms with Crippen molar-refractivity contribution in [2.45, 2.75) is 33.1 Å². The van der Waals surface area contributed by atoms with E-state index in [0.717, 1.165) is 50.3 Å². The number of benzene rings is 1. The lowest BCUT2D eigenvalue weighted by Gasteiger charge is -2.32. The number of nitrogens with zero attached hydrogens (tertiary/aromatic N) is 2. The van der Waals surface area contributed by atoms with E-state index in [-0.39, 0.29) is 17.7 Å². The summed E-state index contributed by atoms with van der Waals surface area (Å²) in [5, 5.41) is 2.94. The second-order valence-electron chi connectivity index (χ2n) is 6.74. The third-order valence-corrected chi connectivity index (χ3v) is 4.60. The van der Waals surface area contributed by atoms with Crippen LogP contribution in [0.15, 0.2) is 24.3 Å². The number of hydrogen-bond acceptors (Lipinski definition) is 3. The molecule has 1 aromatic rings. The number of piperazine rings is 1. The summed E-state index contributed by atoms with van der Waals surface area (Å²) in [6.07, 6.45) is 2.32. The molecule has 0 bridgehead atoms. The summed E-state index contributed by atoms with van der Waals surface area (Å²) in [6, 6.07) is 7.61. The van der Waals surface area contributed by atoms with Crippen molar-refractivity contribution in [1.29, 1.82) is 0 Å². The highest BCUT2D eigenvalue weighted by atomic mass is 16.2. The number of rotatable bonds is 6. The van der Waals surface area contributed by atoms with Gasteiger partial charge in [-0.1, -0.05) is 32.4 Å². The Bertz CT molecular complexity index is 548. The van der Waals surface area contributed by atoms with Crippen molar-refractivity contribution >= 4 is 17.5 Å². The maximum Gasteiger partial charge on any atom is 0.227 e. The van der Waals surface area contributed by atoms with Gasteiger partial charge in [0, 0.05) is 37.8 Å². The number of hydrogen-bond donors (Lipinski definition) is 1. The van der Waals surface area contributed by atoms with E-state index < -0.39 is 0 Å². The highest BCUT2D eigenvalue weighted by Gasteiger charge is 2.19. The highest BCUT2D eigenvalue weighted by Crippen LogP contribution is 2.14. The van der Waals surface area contributed by atoms with Crippen LogP contribution in [0.25, 0.3) is 0 Å². The molecule has 1 saturated heterocycles. The summed E-state index contributed by atoms with van der Waals surface area (Å²) >= 11 is 0. The Morgan fingerprint density at radius 1 is 1.12 bits per heavy atom. The monoisotopic (exact) mass is 331 g/mol. The Hall–Kier alpha value is -1.88. The van der Waals surface area contributed by atoms with Crippen LogP contribution in [-0.2, 0) is 16.0 Å². The lowest BCUT2D eigenvalue weighted by atomic mass is 10.1. The van der Waals surface area contributed by atoms with Gasteiger partial charge >= 0.3 is 0 Å². The molecule has 1 aliphatic heterocycles. The van der Waals surface area contributed by atoms with Gasteiger partial charge < -0.3 is 15.1 Å². The van der Waals surface area contributed by atoms with E-state index in [1.165, 1.54) is 0 Å². The van der Waals surface area contributed by atoms with Crippen molar-refractivity contribution in [3.63, 3.8) is 0 Å². The van der Waals surface area contributed by atoms with Crippen molar-refractivity contribution in [2.24, 2.45) is 5.92 Å². The fourth-order valence-corrected chi connectivity index (χ4v) is 2.88. The molecule has 1 aromatic carbocycles. The first-order valence-corrected chi connectivity index (χ1v) is 8.85. The van der Waals surface area contributed by atoms with E-state index in [4.69, 9.17) is 0 Å². The third kappa shape index (κ3) is 5.34. The van der Waals surface area contributed by atoms with Crippen LogP contribution in [0.4, 0.5) is 5.69 Å². The molecule has 132 valence electrons. The van der Waals surface area contributed by atoms with Crippen LogP contribution in [0, 0.1) is 5.92 Å². The van der Waals surface area contributed by atoms with E-state index in [1.807, 2.05) is 36.1 Å². The Morgan fingerprint density at radius 2 is 1.75 bits per heavy atom. The first kappa shape index (κ1) is 18.5. The predicted molar refractivity (Wildman–Crippen MR) is 96.9 cm³/mol. The zero-order valence-corrected chi connectivity index (χ0v) is 15.0. The van der Waals surface area contributed by atoms with E-state index in [9.17, 15) is 9.59 Å². The summed E-state index contributed by atoms with van der Waals surface area (Å²) in [4.78, 5) is 28.5. The summed E-state index contributed by atoms with van der Waals surface area (Å²) in [5.74, 6) is 0.253. The number of nitrogens with one attached hydrogen (secondary N) is 1. The van der Waals surface area contributed by atoms with Gasteiger partial charge in [0.25, 0.3) is 0 Å². The molecule has 1 atom stereocenters. The number of amides is 2. The van der Waals surface area contributed by atoms with Crippen LogP contribution in [0.5, 0.6) is 0 Å². The minimum atomic E-state index is 0.0217. The van der Waals surface area contributed by atoms with Gasteiger partial charge in [0.2, 0.25) is 11.8 Å². The number of carbonyl (C=O) groups is 2. The first-order chi connectivity index (χ1) is 11.5. The van der Waals surface area contributed by atoms with Gasteiger partial charge in [0.05, 0.1) is 6.42 Å². The molecule has 1 N–H and O–H groups in total. The van der Waals surface area contributed by atoms with Crippen LogP contribution in [-0.4, -0.2) is 54.8 Å². The molecule has 0 spiro atoms. The molecule has 24 heavy (non-hydrogen) atoms. The van der Waals surface area contributed by atoms with Crippen LogP contribution in [0.1, 0.15) is 32.3 Å². The van der Waals surface area contributed by atoms with Crippen molar-refractivity contribution in [3.8, 4) is 0 Å². The van der Waals surface area contributed by atoms with Crippen LogP contribution in [0.2, 0.25) is 0 Å². The van der Waals surface area contributed by atoms with Crippen molar-refractivity contribution in [3.05, 3.63) is 29.8 Å². The van der Waals surface area contributed by atoms with Crippen molar-refractivity contribution in [1.82, 2.24) is 9.80 Å². The van der Waals surface area contributed by atoms with Gasteiger partial charge in [-0.15, -0.1) is 0 Å². The van der Waals surface area contributed by atoms with Gasteiger partial charge in [-0.3, -0.25) is 9.59 Å². The lowest BCUT2D eigenvalue weighted by Crippen LogP contribution is -2.47. The Labute approximate surface area is 145 Å². The summed E-state index contributed by atoms with van der Waals surface area (Å²) < 4.78 is 0. The minimum absolute atomic E-state index is 0.0217. The maximum absolute atomic E-state index is 12.3. The molecule has 1 fully saturated rings. The Balaban J connectivity index is 1.85. The molecule has 1 aliphatic rings. The third-order valence-electron chi connectivity index (χ3n) is 4.60. The second-order valence-corrected chi connectivity index (χ2v) is 6.74. The molecule has 1 unspecified atom stereocenters. The molecule has 0 saturated carbocycles. The van der Waals surface area contributed by atoms with E-state index in [0.29, 0.717) is 6.42 Å². The smallest absolute Gasteiger partial charge is 0.227 e. The SMILES string of the molecule is CCCC(C)C(=O)Nc1ccc(CC(=O)N2CCN(C)CC2)cc1. The van der Waals surface area contributed by atoms with Gasteiger partial charge in [-0.25, -0.2) is 0 Å². The fraction of sp³-hybridized carbons (Fsp3) is 0.579. The number of carbonyl (C=O) groups excluding carboxylic acids is 2. The average molecular weight is 331 g/mol. The first-order valence-electron chi connectivity index (χ1n) is 8.85. The predicted octanol–water partition coefficient (Wildman–Crippen LogP) is 2.38. The summed E-state index contributed by atoms with van der Waals surface area (Å²) in [7, 11) is 2.08. The van der Waals surface area contributed by atoms with Gasteiger partial charge in [-0.05, 0) is 31.2 Å². The van der Waals surface area contributed by atoms with E-state index in [1.54, 1.807) is 0 Å². The topological polar surface area (TPSA) is 52.7 Å². The normalized spacial score (nSPS) is 16.7. The summed E-state index contributed by atoms with van der Waals surface area (Å²) in [6.45, 7) is 7.51. The van der Waals surface area contributed by atoms with E-state index in [2.05, 4.69) is 24.2 Å². The molecule has 1 heterocycles. The average Bonchev–Trinajstić information content (AvgIpc) is 2.57. The van der Waals surface area contributed by atoms with Crippen molar-refractivity contribution in [2.75, 3.05) is 38.5 Å². The molecular weight excluding hydrogens is 302 g/mol. The van der Waals surface area contributed by atoms with Crippen LogP contribution >= 0.6 is 0 Å². The molecule has 2 amide bonds. The maximum atomic E-state index is 12.3. The number of anilines is 1. The molecule has 5 heteroatoms. The Kier molecular flexibility index (Phi) is 6.79. The Morgan fingerprint density at radius 3 is 2.33 bits per heavy atom. The molecule has 5 nitrogen and oxygen atoms in total. The van der Waals surface area contributed by atoms with Crippen LogP contribution < -0.4 is 5.32 Å². The summed E-state index contributed by atoms with van der Waals surface area (Å²) in [5.41, 5.74) is 1.78. The second kappa shape index (κ2) is 8.83. The van der Waals surface area contributed by atoms with Gasteiger partial charge in [-0.2, -0.15) is 0 Å². The zero-order valence-electron chi connectivity index (χ0n) is 15.0. The van der Waals surface area contributed by atoms with Gasteiger partial charge in [0.15, 0.2) is 0 Å². The quantitative estimate of drug-likeness (QED) is 0.871. The van der Waals surface area contributed by atoms with Crippen molar-refractivity contribution < 1.29 is 9.59 Å². The fourth-order valence-electron chi connectivity index (χ4n) is 2.88. The largest absolute Gasteiger partial charge is 0.340 e. The zero-order chi connectivity index (χ0) is 17.5.